The number of nitrogens with two attached hydrogens (primary N) is 1. The largest absolute Gasteiger partial charge is 0.480 e. The van der Waals surface area contributed by atoms with E-state index in [0.717, 1.165) is 0 Å². The van der Waals surface area contributed by atoms with E-state index in [1.165, 1.54) is 0 Å². The smallest absolute Gasteiger partial charge is 0.326 e. The van der Waals surface area contributed by atoms with E-state index < -0.39 is 29.4 Å². The topological polar surface area (TPSA) is 92.4 Å². The zero-order valence-corrected chi connectivity index (χ0v) is 11.3. The quantitative estimate of drug-likeness (QED) is 0.672. The normalized spacial score (nSPS) is 15.5. The molecule has 0 aromatic carbocycles. The van der Waals surface area contributed by atoms with Gasteiger partial charge in [0.05, 0.1) is 6.04 Å². The van der Waals surface area contributed by atoms with Gasteiger partial charge in [0.15, 0.2) is 0 Å². The van der Waals surface area contributed by atoms with Crippen molar-refractivity contribution in [1.82, 2.24) is 5.32 Å². The molecule has 0 aliphatic heterocycles. The molecule has 4 N–H and O–H groups in total. The van der Waals surface area contributed by atoms with Gasteiger partial charge in [-0.05, 0) is 17.8 Å². The molecule has 0 fully saturated rings. The minimum atomic E-state index is -1.04. The Morgan fingerprint density at radius 3 is 2.06 bits per heavy atom. The van der Waals surface area contributed by atoms with Gasteiger partial charge in [0.2, 0.25) is 5.91 Å². The van der Waals surface area contributed by atoms with Gasteiger partial charge in [-0.1, -0.05) is 34.6 Å². The number of amides is 1. The highest BCUT2D eigenvalue weighted by molar-refractivity contribution is 5.87. The lowest BCUT2D eigenvalue weighted by Crippen LogP contribution is -2.53. The standard InChI is InChI=1S/C12H24N2O3/c1-7(2)6-8(13)10(15)14-9(11(16)17)12(3,4)5/h7-9H,6,13H2,1-5H3,(H,14,15)(H,16,17)/t8-,9-/m0/s1. The number of carbonyl (C=O) groups is 2. The first-order chi connectivity index (χ1) is 7.55. The Labute approximate surface area is 103 Å². The summed E-state index contributed by atoms with van der Waals surface area (Å²) in [6, 6.07) is -1.58. The van der Waals surface area contributed by atoms with Gasteiger partial charge in [-0.25, -0.2) is 4.79 Å². The van der Waals surface area contributed by atoms with E-state index in [2.05, 4.69) is 5.32 Å². The first kappa shape index (κ1) is 15.9. The van der Waals surface area contributed by atoms with Crippen LogP contribution in [0.25, 0.3) is 0 Å². The summed E-state index contributed by atoms with van der Waals surface area (Å²) < 4.78 is 0. The highest BCUT2D eigenvalue weighted by Gasteiger charge is 2.33. The van der Waals surface area contributed by atoms with Crippen LogP contribution in [-0.4, -0.2) is 29.1 Å². The molecule has 2 atom stereocenters. The maximum atomic E-state index is 11.7. The van der Waals surface area contributed by atoms with E-state index in [-0.39, 0.29) is 0 Å². The third-order valence-corrected chi connectivity index (χ3v) is 2.46. The van der Waals surface area contributed by atoms with Crippen LogP contribution in [0.15, 0.2) is 0 Å². The lowest BCUT2D eigenvalue weighted by atomic mass is 9.86. The monoisotopic (exact) mass is 244 g/mol. The maximum Gasteiger partial charge on any atom is 0.326 e. The van der Waals surface area contributed by atoms with Gasteiger partial charge in [0.1, 0.15) is 6.04 Å². The molecule has 0 rings (SSSR count). The molecule has 0 unspecified atom stereocenters. The predicted octanol–water partition coefficient (Wildman–Crippen LogP) is 0.975. The van der Waals surface area contributed by atoms with Crippen molar-refractivity contribution in [2.75, 3.05) is 0 Å². The molecule has 0 saturated heterocycles. The van der Waals surface area contributed by atoms with E-state index in [4.69, 9.17) is 10.8 Å². The summed E-state index contributed by atoms with van der Waals surface area (Å²) in [4.78, 5) is 22.8. The van der Waals surface area contributed by atoms with E-state index in [9.17, 15) is 9.59 Å². The average Bonchev–Trinajstić information content (AvgIpc) is 2.09. The number of nitrogens with one attached hydrogen (secondary N) is 1. The third kappa shape index (κ3) is 5.68. The van der Waals surface area contributed by atoms with E-state index in [1.54, 1.807) is 20.8 Å². The van der Waals surface area contributed by atoms with Crippen LogP contribution in [0.3, 0.4) is 0 Å². The zero-order valence-electron chi connectivity index (χ0n) is 11.3. The van der Waals surface area contributed by atoms with Gasteiger partial charge < -0.3 is 16.2 Å². The lowest BCUT2D eigenvalue weighted by Gasteiger charge is -2.29. The van der Waals surface area contributed by atoms with Gasteiger partial charge >= 0.3 is 5.97 Å². The second-order valence-electron chi connectivity index (χ2n) is 5.88. The number of carboxylic acids is 1. The van der Waals surface area contributed by atoms with Gasteiger partial charge in [0.25, 0.3) is 0 Å². The van der Waals surface area contributed by atoms with Crippen LogP contribution in [0, 0.1) is 11.3 Å². The highest BCUT2D eigenvalue weighted by atomic mass is 16.4. The number of aliphatic carboxylic acids is 1. The fraction of sp³-hybridized carbons (Fsp3) is 0.833. The van der Waals surface area contributed by atoms with E-state index in [1.807, 2.05) is 13.8 Å². The highest BCUT2D eigenvalue weighted by Crippen LogP contribution is 2.19. The Hall–Kier alpha value is -1.10. The van der Waals surface area contributed by atoms with Crippen molar-refractivity contribution in [2.45, 2.75) is 53.1 Å². The number of hydrogen-bond acceptors (Lipinski definition) is 3. The molecule has 100 valence electrons. The summed E-state index contributed by atoms with van der Waals surface area (Å²) in [5.41, 5.74) is 5.16. The van der Waals surface area contributed by atoms with Gasteiger partial charge in [-0.15, -0.1) is 0 Å². The molecule has 0 aliphatic rings. The molecule has 0 aromatic heterocycles. The summed E-state index contributed by atoms with van der Waals surface area (Å²) in [6.07, 6.45) is 0.544. The van der Waals surface area contributed by atoms with Gasteiger partial charge in [0, 0.05) is 0 Å². The van der Waals surface area contributed by atoms with Crippen molar-refractivity contribution < 1.29 is 14.7 Å². The molecule has 17 heavy (non-hydrogen) atoms. The Morgan fingerprint density at radius 2 is 1.76 bits per heavy atom. The van der Waals surface area contributed by atoms with Crippen LogP contribution in [-0.2, 0) is 9.59 Å². The van der Waals surface area contributed by atoms with Crippen molar-refractivity contribution in [2.24, 2.45) is 17.1 Å². The average molecular weight is 244 g/mol. The Morgan fingerprint density at radius 1 is 1.29 bits per heavy atom. The molecule has 0 aromatic rings. The molecule has 0 saturated carbocycles. The number of rotatable bonds is 5. The van der Waals surface area contributed by atoms with Crippen LogP contribution in [0.5, 0.6) is 0 Å². The third-order valence-electron chi connectivity index (χ3n) is 2.46. The summed E-state index contributed by atoms with van der Waals surface area (Å²) >= 11 is 0. The summed E-state index contributed by atoms with van der Waals surface area (Å²) in [5, 5.41) is 11.6. The van der Waals surface area contributed by atoms with Crippen LogP contribution in [0.4, 0.5) is 0 Å². The van der Waals surface area contributed by atoms with Crippen LogP contribution < -0.4 is 11.1 Å². The SMILES string of the molecule is CC(C)C[C@H](N)C(=O)N[C@@H](C(=O)O)C(C)(C)C. The molecule has 0 aliphatic carbocycles. The second kappa shape index (κ2) is 6.00. The number of carboxylic acid groups (broad SMARTS) is 1. The Balaban J connectivity index is 4.58. The minimum absolute atomic E-state index is 0.300. The van der Waals surface area contributed by atoms with Crippen LogP contribution in [0.2, 0.25) is 0 Å². The lowest BCUT2D eigenvalue weighted by molar-refractivity contribution is -0.145. The van der Waals surface area contributed by atoms with Gasteiger partial charge in [-0.3, -0.25) is 4.79 Å². The molecule has 0 radical (unpaired) electrons. The van der Waals surface area contributed by atoms with E-state index in [0.29, 0.717) is 12.3 Å². The molecular weight excluding hydrogens is 220 g/mol. The Kier molecular flexibility index (Phi) is 5.61. The molecule has 5 heteroatoms. The fourth-order valence-corrected chi connectivity index (χ4v) is 1.51. The summed E-state index contributed by atoms with van der Waals surface area (Å²) in [7, 11) is 0. The molecule has 0 bridgehead atoms. The summed E-state index contributed by atoms with van der Waals surface area (Å²) in [5.74, 6) is -1.14. The van der Waals surface area contributed by atoms with Crippen molar-refractivity contribution in [1.29, 1.82) is 0 Å². The van der Waals surface area contributed by atoms with Crippen molar-refractivity contribution in [3.63, 3.8) is 0 Å². The molecule has 0 heterocycles. The zero-order chi connectivity index (χ0) is 13.8. The first-order valence-electron chi connectivity index (χ1n) is 5.84. The summed E-state index contributed by atoms with van der Waals surface area (Å²) in [6.45, 7) is 9.22. The number of hydrogen-bond donors (Lipinski definition) is 3. The van der Waals surface area contributed by atoms with Crippen molar-refractivity contribution in [3.8, 4) is 0 Å². The van der Waals surface area contributed by atoms with Crippen LogP contribution in [0.1, 0.15) is 41.0 Å². The van der Waals surface area contributed by atoms with Gasteiger partial charge in [-0.2, -0.15) is 0 Å². The van der Waals surface area contributed by atoms with Crippen molar-refractivity contribution >= 4 is 11.9 Å². The molecular formula is C12H24N2O3. The van der Waals surface area contributed by atoms with E-state index >= 15 is 0 Å². The minimum Gasteiger partial charge on any atom is -0.480 e. The Bertz CT molecular complexity index is 282. The predicted molar refractivity (Wildman–Crippen MR) is 66.5 cm³/mol. The maximum absolute atomic E-state index is 11.7. The fourth-order valence-electron chi connectivity index (χ4n) is 1.51. The van der Waals surface area contributed by atoms with Crippen LogP contribution >= 0.6 is 0 Å². The second-order valence-corrected chi connectivity index (χ2v) is 5.88. The molecule has 5 nitrogen and oxygen atoms in total. The van der Waals surface area contributed by atoms with Crippen molar-refractivity contribution in [3.05, 3.63) is 0 Å². The first-order valence-corrected chi connectivity index (χ1v) is 5.84. The number of carbonyl (C=O) groups excluding carboxylic acids is 1. The molecule has 1 amide bonds. The molecule has 0 spiro atoms.